The van der Waals surface area contributed by atoms with E-state index in [1.807, 2.05) is 51.1 Å². The second-order valence-corrected chi connectivity index (χ2v) is 12.8. The molecule has 1 saturated heterocycles. The topological polar surface area (TPSA) is 98.2 Å². The molecule has 2 unspecified atom stereocenters. The Labute approximate surface area is 260 Å². The van der Waals surface area contributed by atoms with Gasteiger partial charge in [-0.1, -0.05) is 37.3 Å². The molecule has 9 heteroatoms. The van der Waals surface area contributed by atoms with Gasteiger partial charge in [-0.3, -0.25) is 14.5 Å². The molecule has 4 aromatic rings. The zero-order chi connectivity index (χ0) is 31.1. The molecule has 6 rings (SSSR count). The van der Waals surface area contributed by atoms with Crippen LogP contribution in [0, 0.1) is 12.8 Å². The fraction of sp³-hybridized carbons (Fsp3) is 0.343. The molecular weight excluding hydrogens is 576 g/mol. The largest absolute Gasteiger partial charge is 0.507 e. The quantitative estimate of drug-likeness (QED) is 0.120. The second-order valence-electron chi connectivity index (χ2n) is 11.8. The molecule has 0 aliphatic carbocycles. The van der Waals surface area contributed by atoms with Gasteiger partial charge in [-0.15, -0.1) is 0 Å². The van der Waals surface area contributed by atoms with E-state index < -0.39 is 17.7 Å². The maximum atomic E-state index is 13.8. The minimum atomic E-state index is -0.941. The van der Waals surface area contributed by atoms with E-state index in [0.717, 1.165) is 33.5 Å². The van der Waals surface area contributed by atoms with Gasteiger partial charge < -0.3 is 19.3 Å². The summed E-state index contributed by atoms with van der Waals surface area (Å²) in [5.41, 5.74) is 3.77. The number of aryl methyl sites for hydroxylation is 1. The maximum Gasteiger partial charge on any atom is 0.301 e. The molecule has 44 heavy (non-hydrogen) atoms. The molecule has 2 aliphatic heterocycles. The van der Waals surface area contributed by atoms with Crippen LogP contribution in [-0.4, -0.2) is 41.1 Å². The van der Waals surface area contributed by atoms with E-state index in [4.69, 9.17) is 19.2 Å². The molecule has 1 amide bonds. The average molecular weight is 613 g/mol. The summed E-state index contributed by atoms with van der Waals surface area (Å²) in [7, 11) is 0. The number of anilines is 1. The number of Topliss-reactive ketones (excluding diaryl/α,β-unsaturated/α-hetero) is 1. The smallest absolute Gasteiger partial charge is 0.301 e. The Morgan fingerprint density at radius 2 is 1.91 bits per heavy atom. The van der Waals surface area contributed by atoms with Crippen LogP contribution in [0.25, 0.3) is 16.0 Å². The summed E-state index contributed by atoms with van der Waals surface area (Å²) in [6.07, 6.45) is 1.60. The molecule has 228 valence electrons. The summed E-state index contributed by atoms with van der Waals surface area (Å²) in [5, 5.41) is 12.1. The zero-order valence-corrected chi connectivity index (χ0v) is 26.4. The first-order valence-corrected chi connectivity index (χ1v) is 15.8. The van der Waals surface area contributed by atoms with Gasteiger partial charge in [-0.05, 0) is 92.3 Å². The number of fused-ring (bicyclic) bond motifs is 2. The summed E-state index contributed by atoms with van der Waals surface area (Å²) in [6, 6.07) is 15.7. The third-order valence-corrected chi connectivity index (χ3v) is 8.91. The van der Waals surface area contributed by atoms with Gasteiger partial charge in [0.25, 0.3) is 5.78 Å². The molecule has 2 atom stereocenters. The number of ether oxygens (including phenoxy) is 3. The van der Waals surface area contributed by atoms with Crippen molar-refractivity contribution >= 4 is 44.1 Å². The number of carbonyl (C=O) groups is 2. The van der Waals surface area contributed by atoms with Crippen LogP contribution in [0.1, 0.15) is 62.4 Å². The third-order valence-electron chi connectivity index (χ3n) is 7.89. The highest BCUT2D eigenvalue weighted by Crippen LogP contribution is 2.46. The number of nitrogens with zero attached hydrogens (tertiary/aromatic N) is 2. The van der Waals surface area contributed by atoms with Gasteiger partial charge >= 0.3 is 5.91 Å². The zero-order valence-electron chi connectivity index (χ0n) is 25.5. The second kappa shape index (κ2) is 12.0. The highest BCUT2D eigenvalue weighted by atomic mass is 32.1. The molecular formula is C35H36N2O6S. The van der Waals surface area contributed by atoms with Crippen LogP contribution in [0.15, 0.2) is 60.2 Å². The summed E-state index contributed by atoms with van der Waals surface area (Å²) in [6.45, 7) is 11.1. The highest BCUT2D eigenvalue weighted by Gasteiger charge is 2.48. The van der Waals surface area contributed by atoms with Gasteiger partial charge in [0.2, 0.25) is 0 Å². The molecule has 0 bridgehead atoms. The number of amides is 1. The van der Waals surface area contributed by atoms with Crippen molar-refractivity contribution in [2.24, 2.45) is 5.92 Å². The molecule has 3 aromatic carbocycles. The number of thiazole rings is 1. The number of ketones is 1. The first-order chi connectivity index (χ1) is 21.1. The number of rotatable bonds is 9. The predicted octanol–water partition coefficient (Wildman–Crippen LogP) is 7.38. The minimum Gasteiger partial charge on any atom is -0.507 e. The number of aliphatic hydroxyl groups excluding tert-OH is 1. The number of aromatic nitrogens is 1. The lowest BCUT2D eigenvalue weighted by Crippen LogP contribution is -2.29. The predicted molar refractivity (Wildman–Crippen MR) is 172 cm³/mol. The number of carbonyl (C=O) groups excluding carboxylic acids is 2. The molecule has 1 N–H and O–H groups in total. The number of benzene rings is 3. The van der Waals surface area contributed by atoms with Gasteiger partial charge in [0.15, 0.2) is 16.6 Å². The van der Waals surface area contributed by atoms with Crippen LogP contribution < -0.4 is 19.1 Å². The first-order valence-electron chi connectivity index (χ1n) is 15.0. The highest BCUT2D eigenvalue weighted by molar-refractivity contribution is 7.22. The van der Waals surface area contributed by atoms with Crippen molar-refractivity contribution in [1.82, 2.24) is 4.98 Å². The lowest BCUT2D eigenvalue weighted by atomic mass is 9.94. The molecule has 3 heterocycles. The molecule has 1 aromatic heterocycles. The van der Waals surface area contributed by atoms with Crippen molar-refractivity contribution in [2.45, 2.75) is 59.6 Å². The van der Waals surface area contributed by atoms with E-state index in [-0.39, 0.29) is 17.4 Å². The standard InChI is InChI=1S/C35H36N2O6S/c1-6-41-28-18-22(8-12-27(28)42-14-13-19(2)3)31-30(32(38)23-9-11-26-24(17-23)16-21(5)43-26)33(39)34(40)37(31)35-36-25-10-7-20(4)15-29(25)44-35/h7-12,15,17-19,21,31,38H,6,13-14,16H2,1-5H3/b32-30-. The van der Waals surface area contributed by atoms with E-state index in [1.165, 1.54) is 16.2 Å². The van der Waals surface area contributed by atoms with E-state index >= 15 is 0 Å². The van der Waals surface area contributed by atoms with Crippen molar-refractivity contribution in [3.05, 3.63) is 82.4 Å². The normalized spacial score (nSPS) is 19.1. The van der Waals surface area contributed by atoms with Crippen LogP contribution in [0.4, 0.5) is 5.13 Å². The lowest BCUT2D eigenvalue weighted by Gasteiger charge is -2.24. The maximum absolute atomic E-state index is 13.8. The van der Waals surface area contributed by atoms with E-state index in [0.29, 0.717) is 53.3 Å². The van der Waals surface area contributed by atoms with Gasteiger partial charge in [0.05, 0.1) is 35.0 Å². The fourth-order valence-corrected chi connectivity index (χ4v) is 6.77. The monoisotopic (exact) mass is 612 g/mol. The van der Waals surface area contributed by atoms with Crippen LogP contribution >= 0.6 is 11.3 Å². The molecule has 0 spiro atoms. The molecule has 8 nitrogen and oxygen atoms in total. The fourth-order valence-electron chi connectivity index (χ4n) is 5.68. The Bertz CT molecular complexity index is 1790. The van der Waals surface area contributed by atoms with Crippen molar-refractivity contribution in [3.63, 3.8) is 0 Å². The lowest BCUT2D eigenvalue weighted by molar-refractivity contribution is -0.132. The van der Waals surface area contributed by atoms with Crippen molar-refractivity contribution in [1.29, 1.82) is 0 Å². The average Bonchev–Trinajstić information content (AvgIpc) is 3.65. The summed E-state index contributed by atoms with van der Waals surface area (Å²) >= 11 is 1.34. The summed E-state index contributed by atoms with van der Waals surface area (Å²) in [4.78, 5) is 33.8. The van der Waals surface area contributed by atoms with Crippen LogP contribution in [0.2, 0.25) is 0 Å². The molecule has 1 fully saturated rings. The number of hydrogen-bond acceptors (Lipinski definition) is 8. The molecule has 2 aliphatic rings. The summed E-state index contributed by atoms with van der Waals surface area (Å²) in [5.74, 6) is 0.551. The Kier molecular flexibility index (Phi) is 8.07. The summed E-state index contributed by atoms with van der Waals surface area (Å²) < 4.78 is 18.8. The number of hydrogen-bond donors (Lipinski definition) is 1. The third kappa shape index (κ3) is 5.52. The first kappa shape index (κ1) is 29.7. The van der Waals surface area contributed by atoms with Crippen molar-refractivity contribution in [3.8, 4) is 17.2 Å². The van der Waals surface area contributed by atoms with Gasteiger partial charge in [-0.25, -0.2) is 4.98 Å². The van der Waals surface area contributed by atoms with Crippen molar-refractivity contribution in [2.75, 3.05) is 18.1 Å². The van der Waals surface area contributed by atoms with Gasteiger partial charge in [-0.2, -0.15) is 0 Å². The number of aliphatic hydroxyl groups is 1. The SMILES string of the molecule is CCOc1cc(C2/C(=C(/O)c3ccc4c(c3)CC(C)O4)C(=O)C(=O)N2c2nc3ccc(C)cc3s2)ccc1OCCC(C)C. The van der Waals surface area contributed by atoms with Gasteiger partial charge in [0.1, 0.15) is 17.6 Å². The Hall–Kier alpha value is -4.37. The minimum absolute atomic E-state index is 0.00623. The van der Waals surface area contributed by atoms with Crippen LogP contribution in [-0.2, 0) is 16.0 Å². The van der Waals surface area contributed by atoms with Crippen LogP contribution in [0.3, 0.4) is 0 Å². The van der Waals surface area contributed by atoms with E-state index in [9.17, 15) is 14.7 Å². The van der Waals surface area contributed by atoms with E-state index in [1.54, 1.807) is 24.3 Å². The Balaban J connectivity index is 1.50. The Morgan fingerprint density at radius 1 is 1.09 bits per heavy atom. The molecule has 0 radical (unpaired) electrons. The van der Waals surface area contributed by atoms with Crippen LogP contribution in [0.5, 0.6) is 17.2 Å². The van der Waals surface area contributed by atoms with E-state index in [2.05, 4.69) is 13.8 Å². The Morgan fingerprint density at radius 3 is 2.68 bits per heavy atom. The molecule has 0 saturated carbocycles. The van der Waals surface area contributed by atoms with Gasteiger partial charge in [0, 0.05) is 12.0 Å². The van der Waals surface area contributed by atoms with Crippen molar-refractivity contribution < 1.29 is 28.9 Å².